The average Bonchev–Trinajstić information content (AvgIpc) is 2.84. The van der Waals surface area contributed by atoms with Gasteiger partial charge in [-0.15, -0.1) is 0 Å². The molecule has 2 aromatic carbocycles. The third-order valence-corrected chi connectivity index (χ3v) is 7.92. The first-order valence-electron chi connectivity index (χ1n) is 10.3. The zero-order valence-electron chi connectivity index (χ0n) is 17.4. The number of aliphatic hydroxyl groups is 1. The molecule has 0 fully saturated rings. The van der Waals surface area contributed by atoms with Gasteiger partial charge in [-0.3, -0.25) is 5.32 Å². The summed E-state index contributed by atoms with van der Waals surface area (Å²) in [6.07, 6.45) is 3.47. The van der Waals surface area contributed by atoms with Crippen molar-refractivity contribution in [3.05, 3.63) is 59.2 Å². The van der Waals surface area contributed by atoms with Gasteiger partial charge in [0.15, 0.2) is 9.84 Å². The second-order valence-corrected chi connectivity index (χ2v) is 9.80. The first kappa shape index (κ1) is 21.8. The van der Waals surface area contributed by atoms with Crippen molar-refractivity contribution < 1.29 is 18.3 Å². The fourth-order valence-electron chi connectivity index (χ4n) is 4.25. The Labute approximate surface area is 174 Å². The Hall–Kier alpha value is -1.89. The molecule has 2 aromatic rings. The van der Waals surface area contributed by atoms with E-state index in [9.17, 15) is 13.5 Å². The number of hydrogen-bond donors (Lipinski definition) is 2. The number of hydrogen-bond acceptors (Lipinski definition) is 5. The molecule has 0 saturated carbocycles. The molecule has 2 atom stereocenters. The number of sulfone groups is 1. The minimum absolute atomic E-state index is 0.0501. The molecule has 0 aliphatic carbocycles. The van der Waals surface area contributed by atoms with Crippen LogP contribution in [0.25, 0.3) is 0 Å². The van der Waals surface area contributed by atoms with E-state index >= 15 is 0 Å². The van der Waals surface area contributed by atoms with Crippen LogP contribution in [0.4, 0.5) is 0 Å². The molecule has 1 heterocycles. The number of fused-ring (bicyclic) bond motifs is 1. The number of unbranched alkanes of at least 4 members (excludes halogenated alkanes) is 1. The molecular weight excluding hydrogens is 386 g/mol. The highest BCUT2D eigenvalue weighted by Gasteiger charge is 2.42. The summed E-state index contributed by atoms with van der Waals surface area (Å²) in [7, 11) is -2.06. The predicted molar refractivity (Wildman–Crippen MR) is 115 cm³/mol. The summed E-state index contributed by atoms with van der Waals surface area (Å²) in [5.41, 5.74) is 1.75. The largest absolute Gasteiger partial charge is 0.496 e. The Morgan fingerprint density at radius 1 is 1.21 bits per heavy atom. The van der Waals surface area contributed by atoms with Crippen molar-refractivity contribution in [3.63, 3.8) is 0 Å². The first-order chi connectivity index (χ1) is 13.9. The van der Waals surface area contributed by atoms with Crippen LogP contribution in [0.1, 0.15) is 62.3 Å². The van der Waals surface area contributed by atoms with Gasteiger partial charge in [-0.1, -0.05) is 57.0 Å². The van der Waals surface area contributed by atoms with Crippen molar-refractivity contribution in [2.24, 2.45) is 0 Å². The maximum atomic E-state index is 13.5. The number of nitrogens with one attached hydrogen (secondary N) is 1. The number of aliphatic hydroxyl groups excluding tert-OH is 1. The minimum atomic E-state index is -3.55. The molecule has 0 radical (unpaired) electrons. The highest BCUT2D eigenvalue weighted by atomic mass is 32.2. The molecule has 0 spiro atoms. The molecule has 29 heavy (non-hydrogen) atoms. The molecule has 0 bridgehead atoms. The maximum Gasteiger partial charge on any atom is 0.180 e. The summed E-state index contributed by atoms with van der Waals surface area (Å²) in [5, 5.41) is 13.6. The van der Waals surface area contributed by atoms with Gasteiger partial charge in [0.25, 0.3) is 0 Å². The van der Waals surface area contributed by atoms with Crippen LogP contribution < -0.4 is 10.1 Å². The van der Waals surface area contributed by atoms with Crippen molar-refractivity contribution in [1.29, 1.82) is 0 Å². The van der Waals surface area contributed by atoms with Crippen LogP contribution >= 0.6 is 0 Å². The summed E-state index contributed by atoms with van der Waals surface area (Å²) in [5.74, 6) is 0.452. The second-order valence-electron chi connectivity index (χ2n) is 7.84. The van der Waals surface area contributed by atoms with Crippen molar-refractivity contribution in [3.8, 4) is 5.75 Å². The molecule has 0 aromatic heterocycles. The second kappa shape index (κ2) is 8.86. The Balaban J connectivity index is 2.27. The van der Waals surface area contributed by atoms with Gasteiger partial charge < -0.3 is 9.84 Å². The Morgan fingerprint density at radius 2 is 1.93 bits per heavy atom. The number of ether oxygens (including phenoxy) is 1. The third-order valence-electron chi connectivity index (χ3n) is 5.96. The van der Waals surface area contributed by atoms with Crippen LogP contribution in [-0.4, -0.2) is 31.9 Å². The third kappa shape index (κ3) is 4.34. The summed E-state index contributed by atoms with van der Waals surface area (Å²) in [6, 6.07) is 13.0. The van der Waals surface area contributed by atoms with Crippen molar-refractivity contribution in [2.45, 2.75) is 62.6 Å². The van der Waals surface area contributed by atoms with Gasteiger partial charge in [-0.25, -0.2) is 8.42 Å². The molecule has 2 N–H and O–H groups in total. The fourth-order valence-corrected chi connectivity index (χ4v) is 6.39. The maximum absolute atomic E-state index is 13.5. The zero-order chi connectivity index (χ0) is 21.1. The van der Waals surface area contributed by atoms with E-state index in [1.54, 1.807) is 12.1 Å². The van der Waals surface area contributed by atoms with Crippen molar-refractivity contribution in [2.75, 3.05) is 12.9 Å². The molecule has 6 heteroatoms. The van der Waals surface area contributed by atoms with Gasteiger partial charge in [0.05, 0.1) is 30.4 Å². The first-order valence-corrected chi connectivity index (χ1v) is 11.9. The van der Waals surface area contributed by atoms with Crippen molar-refractivity contribution >= 4 is 9.84 Å². The van der Waals surface area contributed by atoms with Gasteiger partial charge in [-0.2, -0.15) is 0 Å². The number of rotatable bonds is 7. The number of benzene rings is 2. The van der Waals surface area contributed by atoms with E-state index in [1.165, 1.54) is 7.11 Å². The molecule has 3 rings (SSSR count). The SMILES string of the molecule is CCCC[C@]1(CC)CS(=O)(=O)c2cc(OC)c(CO)cc2[C@H](c2ccccc2)N1. The molecule has 5 nitrogen and oxygen atoms in total. The van der Waals surface area contributed by atoms with Crippen LogP contribution in [-0.2, 0) is 16.4 Å². The molecule has 0 amide bonds. The average molecular weight is 418 g/mol. The predicted octanol–water partition coefficient (Wildman–Crippen LogP) is 3.99. The van der Waals surface area contributed by atoms with E-state index in [0.717, 1.165) is 24.8 Å². The van der Waals surface area contributed by atoms with Gasteiger partial charge in [-0.05, 0) is 36.1 Å². The summed E-state index contributed by atoms with van der Waals surface area (Å²) in [6.45, 7) is 3.96. The lowest BCUT2D eigenvalue weighted by Gasteiger charge is -2.36. The van der Waals surface area contributed by atoms with Crippen LogP contribution in [0.5, 0.6) is 5.75 Å². The zero-order valence-corrected chi connectivity index (χ0v) is 18.3. The van der Waals surface area contributed by atoms with Gasteiger partial charge >= 0.3 is 0 Å². The van der Waals surface area contributed by atoms with E-state index < -0.39 is 15.4 Å². The molecule has 0 unspecified atom stereocenters. The summed E-state index contributed by atoms with van der Waals surface area (Å²) >= 11 is 0. The Morgan fingerprint density at radius 3 is 2.52 bits per heavy atom. The Bertz CT molecular complexity index is 943. The lowest BCUT2D eigenvalue weighted by molar-refractivity contribution is 0.272. The standard InChI is InChI=1S/C23H31NO4S/c1-4-6-12-23(5-2)16-29(26,27)21-14-20(28-3)18(15-25)13-19(21)22(24-23)17-10-8-7-9-11-17/h7-11,13-14,22,24-25H,4-6,12,15-16H2,1-3H3/t22-,23+/m0/s1. The lowest BCUT2D eigenvalue weighted by atomic mass is 9.87. The molecule has 1 aliphatic heterocycles. The Kier molecular flexibility index (Phi) is 6.66. The van der Waals surface area contributed by atoms with E-state index in [0.29, 0.717) is 28.2 Å². The topological polar surface area (TPSA) is 75.6 Å². The normalized spacial score (nSPS) is 23.2. The van der Waals surface area contributed by atoms with E-state index in [4.69, 9.17) is 4.74 Å². The quantitative estimate of drug-likeness (QED) is 0.712. The van der Waals surface area contributed by atoms with E-state index in [2.05, 4.69) is 19.2 Å². The van der Waals surface area contributed by atoms with E-state index in [1.807, 2.05) is 30.3 Å². The van der Waals surface area contributed by atoms with Crippen molar-refractivity contribution in [1.82, 2.24) is 5.32 Å². The molecule has 158 valence electrons. The molecular formula is C23H31NO4S. The lowest BCUT2D eigenvalue weighted by Crippen LogP contribution is -2.50. The highest BCUT2D eigenvalue weighted by Crippen LogP contribution is 2.40. The van der Waals surface area contributed by atoms with Crippen LogP contribution in [0, 0.1) is 0 Å². The van der Waals surface area contributed by atoms with E-state index in [-0.39, 0.29) is 18.4 Å². The smallest absolute Gasteiger partial charge is 0.180 e. The summed E-state index contributed by atoms with van der Waals surface area (Å²) < 4.78 is 32.4. The van der Waals surface area contributed by atoms with Crippen LogP contribution in [0.2, 0.25) is 0 Å². The fraction of sp³-hybridized carbons (Fsp3) is 0.478. The highest BCUT2D eigenvalue weighted by molar-refractivity contribution is 7.91. The van der Waals surface area contributed by atoms with Crippen LogP contribution in [0.15, 0.2) is 47.4 Å². The molecule has 0 saturated heterocycles. The molecule has 1 aliphatic rings. The minimum Gasteiger partial charge on any atom is -0.496 e. The number of methoxy groups -OCH3 is 1. The van der Waals surface area contributed by atoms with Gasteiger partial charge in [0.2, 0.25) is 0 Å². The monoisotopic (exact) mass is 417 g/mol. The summed E-state index contributed by atoms with van der Waals surface area (Å²) in [4.78, 5) is 0.291. The van der Waals surface area contributed by atoms with Crippen LogP contribution in [0.3, 0.4) is 0 Å². The van der Waals surface area contributed by atoms with Gasteiger partial charge in [0, 0.05) is 11.1 Å². The van der Waals surface area contributed by atoms with Gasteiger partial charge in [0.1, 0.15) is 5.75 Å².